The summed E-state index contributed by atoms with van der Waals surface area (Å²) in [6.45, 7) is 8.22. The minimum absolute atomic E-state index is 0.174. The summed E-state index contributed by atoms with van der Waals surface area (Å²) in [6.07, 6.45) is 5.07. The van der Waals surface area contributed by atoms with Crippen LogP contribution in [-0.2, 0) is 11.5 Å². The van der Waals surface area contributed by atoms with Gasteiger partial charge in [0.25, 0.3) is 0 Å². The van der Waals surface area contributed by atoms with Crippen LogP contribution in [-0.4, -0.2) is 40.3 Å². The first-order chi connectivity index (χ1) is 12.3. The largest absolute Gasteiger partial charge is 0.478 e. The number of aromatic nitrogens is 3. The van der Waals surface area contributed by atoms with E-state index in [0.717, 1.165) is 34.9 Å². The van der Waals surface area contributed by atoms with Crippen LogP contribution >= 0.6 is 0 Å². The number of fused-ring (bicyclic) bond motifs is 1. The number of pyridine rings is 2. The van der Waals surface area contributed by atoms with E-state index in [1.807, 2.05) is 22.9 Å². The molecule has 0 atom stereocenters. The molecule has 0 saturated heterocycles. The molecule has 0 aliphatic rings. The number of rotatable bonds is 7. The second kappa shape index (κ2) is 7.39. The van der Waals surface area contributed by atoms with Gasteiger partial charge in [0.15, 0.2) is 0 Å². The summed E-state index contributed by atoms with van der Waals surface area (Å²) in [7, 11) is -1.10. The van der Waals surface area contributed by atoms with Crippen LogP contribution in [0.15, 0.2) is 42.9 Å². The molecule has 0 unspecified atom stereocenters. The Bertz CT molecular complexity index is 914. The Morgan fingerprint density at radius 2 is 2.00 bits per heavy atom. The number of hydrogen-bond acceptors (Lipinski definition) is 4. The lowest BCUT2D eigenvalue weighted by molar-refractivity contribution is 0.0696. The second-order valence-electron chi connectivity index (χ2n) is 7.47. The van der Waals surface area contributed by atoms with E-state index in [0.29, 0.717) is 6.73 Å². The van der Waals surface area contributed by atoms with Gasteiger partial charge in [-0.05, 0) is 30.3 Å². The topological polar surface area (TPSA) is 77.2 Å². The van der Waals surface area contributed by atoms with Crippen molar-refractivity contribution in [2.24, 2.45) is 0 Å². The average molecular weight is 369 g/mol. The van der Waals surface area contributed by atoms with Crippen LogP contribution in [0.2, 0.25) is 25.7 Å². The fourth-order valence-electron chi connectivity index (χ4n) is 2.64. The summed E-state index contributed by atoms with van der Waals surface area (Å²) < 4.78 is 7.81. The molecular weight excluding hydrogens is 346 g/mol. The van der Waals surface area contributed by atoms with E-state index in [2.05, 4.69) is 29.6 Å². The zero-order chi connectivity index (χ0) is 18.7. The SMILES string of the molecule is C[Si](C)(C)CCOCn1ccc2c(-c3ccc(C(=O)O)cn3)ccnc21. The van der Waals surface area contributed by atoms with Crippen LogP contribution in [0.25, 0.3) is 22.3 Å². The molecule has 1 N–H and O–H groups in total. The maximum atomic E-state index is 11.0. The number of ether oxygens (including phenoxy) is 1. The molecule has 0 saturated carbocycles. The number of aromatic carboxylic acids is 1. The highest BCUT2D eigenvalue weighted by atomic mass is 28.3. The van der Waals surface area contributed by atoms with Gasteiger partial charge in [-0.1, -0.05) is 19.6 Å². The molecule has 3 aromatic heterocycles. The normalized spacial score (nSPS) is 11.8. The summed E-state index contributed by atoms with van der Waals surface area (Å²) in [5.74, 6) is -0.981. The molecule has 136 valence electrons. The quantitative estimate of drug-likeness (QED) is 0.501. The first-order valence-corrected chi connectivity index (χ1v) is 12.3. The van der Waals surface area contributed by atoms with E-state index >= 15 is 0 Å². The third-order valence-corrected chi connectivity index (χ3v) is 5.88. The Hall–Kier alpha value is -2.51. The Labute approximate surface area is 153 Å². The van der Waals surface area contributed by atoms with Crippen molar-refractivity contribution in [3.8, 4) is 11.3 Å². The summed E-state index contributed by atoms with van der Waals surface area (Å²) in [4.78, 5) is 19.7. The molecule has 3 rings (SSSR count). The Morgan fingerprint density at radius 3 is 2.65 bits per heavy atom. The third kappa shape index (κ3) is 4.17. The summed E-state index contributed by atoms with van der Waals surface area (Å²) in [6, 6.07) is 8.30. The standard InChI is InChI=1S/C19H23N3O3Si/c1-26(2,3)11-10-25-13-22-9-7-16-15(6-8-20-18(16)22)17-5-4-14(12-21-17)19(23)24/h4-9,12H,10-11,13H2,1-3H3,(H,23,24). The minimum atomic E-state index is -1.10. The molecule has 3 aromatic rings. The monoisotopic (exact) mass is 369 g/mol. The van der Waals surface area contributed by atoms with Crippen molar-refractivity contribution in [2.45, 2.75) is 32.4 Å². The van der Waals surface area contributed by atoms with Crippen LogP contribution in [0.3, 0.4) is 0 Å². The fraction of sp³-hybridized carbons (Fsp3) is 0.316. The fourth-order valence-corrected chi connectivity index (χ4v) is 3.40. The van der Waals surface area contributed by atoms with Crippen molar-refractivity contribution in [3.05, 3.63) is 48.4 Å². The summed E-state index contributed by atoms with van der Waals surface area (Å²) in [5, 5.41) is 9.98. The molecule has 0 fully saturated rings. The zero-order valence-electron chi connectivity index (χ0n) is 15.3. The van der Waals surface area contributed by atoms with Crippen molar-refractivity contribution < 1.29 is 14.6 Å². The Balaban J connectivity index is 1.81. The smallest absolute Gasteiger partial charge is 0.337 e. The van der Waals surface area contributed by atoms with Gasteiger partial charge in [-0.15, -0.1) is 0 Å². The lowest BCUT2D eigenvalue weighted by Gasteiger charge is -2.15. The molecule has 26 heavy (non-hydrogen) atoms. The molecule has 3 heterocycles. The van der Waals surface area contributed by atoms with Gasteiger partial charge in [-0.2, -0.15) is 0 Å². The van der Waals surface area contributed by atoms with E-state index in [4.69, 9.17) is 9.84 Å². The molecule has 0 spiro atoms. The molecule has 6 nitrogen and oxygen atoms in total. The number of carboxylic acids is 1. The molecule has 0 amide bonds. The van der Waals surface area contributed by atoms with E-state index in [1.165, 1.54) is 6.20 Å². The third-order valence-electron chi connectivity index (χ3n) is 4.18. The van der Waals surface area contributed by atoms with E-state index in [9.17, 15) is 4.79 Å². The van der Waals surface area contributed by atoms with Gasteiger partial charge >= 0.3 is 5.97 Å². The highest BCUT2D eigenvalue weighted by Gasteiger charge is 2.13. The number of nitrogens with zero attached hydrogens (tertiary/aromatic N) is 3. The minimum Gasteiger partial charge on any atom is -0.478 e. The first-order valence-electron chi connectivity index (χ1n) is 8.56. The zero-order valence-corrected chi connectivity index (χ0v) is 16.3. The molecule has 0 bridgehead atoms. The van der Waals surface area contributed by atoms with Gasteiger partial charge < -0.3 is 14.4 Å². The van der Waals surface area contributed by atoms with E-state index < -0.39 is 14.0 Å². The first kappa shape index (κ1) is 18.3. The maximum absolute atomic E-state index is 11.0. The second-order valence-corrected chi connectivity index (χ2v) is 13.1. The van der Waals surface area contributed by atoms with Crippen LogP contribution < -0.4 is 0 Å². The van der Waals surface area contributed by atoms with Crippen molar-refractivity contribution in [3.63, 3.8) is 0 Å². The molecule has 0 aromatic carbocycles. The average Bonchev–Trinajstić information content (AvgIpc) is 3.01. The number of hydrogen-bond donors (Lipinski definition) is 1. The van der Waals surface area contributed by atoms with Gasteiger partial charge in [0.1, 0.15) is 12.4 Å². The van der Waals surface area contributed by atoms with Gasteiger partial charge in [-0.25, -0.2) is 9.78 Å². The van der Waals surface area contributed by atoms with E-state index in [-0.39, 0.29) is 5.56 Å². The van der Waals surface area contributed by atoms with Crippen LogP contribution in [0.4, 0.5) is 0 Å². The Morgan fingerprint density at radius 1 is 1.19 bits per heavy atom. The van der Waals surface area contributed by atoms with Crippen molar-refractivity contribution in [1.82, 2.24) is 14.5 Å². The van der Waals surface area contributed by atoms with Gasteiger partial charge in [0, 0.05) is 44.2 Å². The highest BCUT2D eigenvalue weighted by Crippen LogP contribution is 2.27. The Kier molecular flexibility index (Phi) is 5.20. The van der Waals surface area contributed by atoms with Gasteiger partial charge in [0.2, 0.25) is 0 Å². The maximum Gasteiger partial charge on any atom is 0.337 e. The summed E-state index contributed by atoms with van der Waals surface area (Å²) in [5.41, 5.74) is 2.65. The lowest BCUT2D eigenvalue weighted by atomic mass is 10.1. The molecule has 0 aliphatic carbocycles. The predicted octanol–water partition coefficient (Wildman–Crippen LogP) is 4.11. The number of carbonyl (C=O) groups is 1. The molecule has 0 aliphatic heterocycles. The highest BCUT2D eigenvalue weighted by molar-refractivity contribution is 6.76. The van der Waals surface area contributed by atoms with Gasteiger partial charge in [0.05, 0.1) is 11.3 Å². The van der Waals surface area contributed by atoms with Gasteiger partial charge in [-0.3, -0.25) is 4.98 Å². The molecule has 7 heteroatoms. The van der Waals surface area contributed by atoms with Crippen LogP contribution in [0.5, 0.6) is 0 Å². The molecular formula is C19H23N3O3Si. The van der Waals surface area contributed by atoms with Crippen molar-refractivity contribution >= 4 is 25.1 Å². The molecule has 0 radical (unpaired) electrons. The van der Waals surface area contributed by atoms with Crippen LogP contribution in [0, 0.1) is 0 Å². The summed E-state index contributed by atoms with van der Waals surface area (Å²) >= 11 is 0. The van der Waals surface area contributed by atoms with Crippen molar-refractivity contribution in [1.29, 1.82) is 0 Å². The number of carboxylic acid groups (broad SMARTS) is 1. The lowest BCUT2D eigenvalue weighted by Crippen LogP contribution is -2.22. The van der Waals surface area contributed by atoms with Crippen molar-refractivity contribution in [2.75, 3.05) is 6.61 Å². The van der Waals surface area contributed by atoms with Crippen LogP contribution in [0.1, 0.15) is 10.4 Å². The predicted molar refractivity (Wildman–Crippen MR) is 104 cm³/mol. The van der Waals surface area contributed by atoms with E-state index in [1.54, 1.807) is 18.3 Å².